The van der Waals surface area contributed by atoms with E-state index in [1.807, 2.05) is 11.6 Å². The highest BCUT2D eigenvalue weighted by molar-refractivity contribution is 6.29. The zero-order valence-electron chi connectivity index (χ0n) is 11.2. The lowest BCUT2D eigenvalue weighted by molar-refractivity contribution is -0.0342. The van der Waals surface area contributed by atoms with Gasteiger partial charge in [0.05, 0.1) is 6.20 Å². The van der Waals surface area contributed by atoms with E-state index >= 15 is 0 Å². The maximum absolute atomic E-state index is 6.05. The van der Waals surface area contributed by atoms with Gasteiger partial charge in [-0.25, -0.2) is 4.98 Å². The molecule has 1 aliphatic heterocycles. The summed E-state index contributed by atoms with van der Waals surface area (Å²) < 4.78 is 7.84. The Hall–Kier alpha value is -0.580. The summed E-state index contributed by atoms with van der Waals surface area (Å²) in [6.45, 7) is 5.05. The molecule has 5 heteroatoms. The number of imidazole rings is 1. The Morgan fingerprint density at radius 3 is 3.11 bits per heavy atom. The fraction of sp³-hybridized carbons (Fsp3) is 0.769. The normalized spacial score (nSPS) is 24.4. The first-order valence-electron chi connectivity index (χ1n) is 6.73. The summed E-state index contributed by atoms with van der Waals surface area (Å²) in [6, 6.07) is 0. The van der Waals surface area contributed by atoms with Crippen LogP contribution in [-0.4, -0.2) is 29.2 Å². The Labute approximate surface area is 114 Å². The van der Waals surface area contributed by atoms with Crippen LogP contribution < -0.4 is 5.32 Å². The first kappa shape index (κ1) is 13.8. The van der Waals surface area contributed by atoms with Gasteiger partial charge in [-0.15, -0.1) is 0 Å². The van der Waals surface area contributed by atoms with Crippen LogP contribution in [0, 0.1) is 5.92 Å². The van der Waals surface area contributed by atoms with Crippen molar-refractivity contribution in [2.24, 2.45) is 13.0 Å². The van der Waals surface area contributed by atoms with Crippen LogP contribution >= 0.6 is 11.6 Å². The molecule has 2 rings (SSSR count). The highest BCUT2D eigenvalue weighted by atomic mass is 35.5. The molecule has 102 valence electrons. The largest absolute Gasteiger partial charge is 0.370 e. The molecule has 2 unspecified atom stereocenters. The summed E-state index contributed by atoms with van der Waals surface area (Å²) in [7, 11) is 1.94. The van der Waals surface area contributed by atoms with Crippen molar-refractivity contribution in [1.82, 2.24) is 14.9 Å². The molecular weight excluding hydrogens is 250 g/mol. The van der Waals surface area contributed by atoms with Crippen molar-refractivity contribution in [3.8, 4) is 0 Å². The summed E-state index contributed by atoms with van der Waals surface area (Å²) in [5, 5.41) is 4.15. The lowest BCUT2D eigenvalue weighted by Gasteiger charge is -2.31. The van der Waals surface area contributed by atoms with Crippen molar-refractivity contribution in [3.63, 3.8) is 0 Å². The van der Waals surface area contributed by atoms with E-state index in [4.69, 9.17) is 16.3 Å². The molecule has 1 saturated heterocycles. The van der Waals surface area contributed by atoms with E-state index in [-0.39, 0.29) is 6.10 Å². The number of ether oxygens (including phenoxy) is 1. The van der Waals surface area contributed by atoms with Gasteiger partial charge in [0.15, 0.2) is 0 Å². The van der Waals surface area contributed by atoms with E-state index < -0.39 is 0 Å². The van der Waals surface area contributed by atoms with Crippen molar-refractivity contribution in [2.45, 2.75) is 32.3 Å². The smallest absolute Gasteiger partial charge is 0.139 e. The van der Waals surface area contributed by atoms with Gasteiger partial charge in [0.2, 0.25) is 0 Å². The molecule has 4 nitrogen and oxygen atoms in total. The maximum Gasteiger partial charge on any atom is 0.139 e. The van der Waals surface area contributed by atoms with E-state index in [0.29, 0.717) is 11.1 Å². The molecule has 0 amide bonds. The van der Waals surface area contributed by atoms with E-state index in [1.54, 1.807) is 6.20 Å². The van der Waals surface area contributed by atoms with Crippen molar-refractivity contribution >= 4 is 11.6 Å². The second kappa shape index (κ2) is 6.55. The van der Waals surface area contributed by atoms with Crippen LogP contribution in [0.5, 0.6) is 0 Å². The summed E-state index contributed by atoms with van der Waals surface area (Å²) in [5.41, 5.74) is 0. The Bertz CT molecular complexity index is 380. The SMILES string of the molecule is CCCNCC1CCCOC1c1ncc(Cl)n1C. The van der Waals surface area contributed by atoms with Crippen LogP contribution in [-0.2, 0) is 11.8 Å². The topological polar surface area (TPSA) is 39.1 Å². The molecule has 18 heavy (non-hydrogen) atoms. The Morgan fingerprint density at radius 2 is 2.44 bits per heavy atom. The number of nitrogens with zero attached hydrogens (tertiary/aromatic N) is 2. The molecule has 0 aliphatic carbocycles. The van der Waals surface area contributed by atoms with E-state index in [0.717, 1.165) is 38.4 Å². The monoisotopic (exact) mass is 271 g/mol. The Morgan fingerprint density at radius 1 is 1.61 bits per heavy atom. The molecule has 1 aromatic heterocycles. The number of nitrogens with one attached hydrogen (secondary N) is 1. The Kier molecular flexibility index (Phi) is 5.03. The summed E-state index contributed by atoms with van der Waals surface area (Å²) >= 11 is 6.05. The molecule has 1 N–H and O–H groups in total. The average Bonchev–Trinajstić information content (AvgIpc) is 2.71. The molecule has 1 aromatic rings. The third kappa shape index (κ3) is 3.05. The van der Waals surface area contributed by atoms with Gasteiger partial charge in [0.1, 0.15) is 17.1 Å². The van der Waals surface area contributed by atoms with E-state index in [9.17, 15) is 0 Å². The fourth-order valence-corrected chi connectivity index (χ4v) is 2.60. The van der Waals surface area contributed by atoms with Crippen molar-refractivity contribution in [2.75, 3.05) is 19.7 Å². The number of aromatic nitrogens is 2. The summed E-state index contributed by atoms with van der Waals surface area (Å²) in [4.78, 5) is 4.40. The van der Waals surface area contributed by atoms with E-state index in [1.165, 1.54) is 6.42 Å². The van der Waals surface area contributed by atoms with Crippen LogP contribution in [0.25, 0.3) is 0 Å². The third-order valence-electron chi connectivity index (χ3n) is 3.50. The summed E-state index contributed by atoms with van der Waals surface area (Å²) in [5.74, 6) is 1.44. The average molecular weight is 272 g/mol. The van der Waals surface area contributed by atoms with Gasteiger partial charge in [-0.1, -0.05) is 18.5 Å². The van der Waals surface area contributed by atoms with Crippen LogP contribution in [0.15, 0.2) is 6.20 Å². The number of hydrogen-bond acceptors (Lipinski definition) is 3. The van der Waals surface area contributed by atoms with Crippen molar-refractivity contribution in [1.29, 1.82) is 0 Å². The molecule has 0 radical (unpaired) electrons. The summed E-state index contributed by atoms with van der Waals surface area (Å²) in [6.07, 6.45) is 5.25. The predicted molar refractivity (Wildman–Crippen MR) is 72.8 cm³/mol. The molecule has 1 aliphatic rings. The zero-order chi connectivity index (χ0) is 13.0. The van der Waals surface area contributed by atoms with Gasteiger partial charge in [-0.05, 0) is 25.8 Å². The molecule has 1 fully saturated rings. The Balaban J connectivity index is 2.05. The fourth-order valence-electron chi connectivity index (χ4n) is 2.47. The maximum atomic E-state index is 6.05. The zero-order valence-corrected chi connectivity index (χ0v) is 11.9. The van der Waals surface area contributed by atoms with E-state index in [2.05, 4.69) is 17.2 Å². The van der Waals surface area contributed by atoms with Gasteiger partial charge >= 0.3 is 0 Å². The van der Waals surface area contributed by atoms with Gasteiger partial charge in [0.25, 0.3) is 0 Å². The van der Waals surface area contributed by atoms with Crippen LogP contribution in [0.3, 0.4) is 0 Å². The minimum atomic E-state index is 0.0700. The lowest BCUT2D eigenvalue weighted by Crippen LogP contribution is -2.33. The molecule has 0 bridgehead atoms. The second-order valence-electron chi connectivity index (χ2n) is 4.90. The second-order valence-corrected chi connectivity index (χ2v) is 5.28. The van der Waals surface area contributed by atoms with Crippen molar-refractivity contribution in [3.05, 3.63) is 17.2 Å². The molecule has 0 saturated carbocycles. The van der Waals surface area contributed by atoms with Crippen molar-refractivity contribution < 1.29 is 4.74 Å². The standard InChI is InChI=1S/C13H22ClN3O/c1-3-6-15-8-10-5-4-7-18-12(10)13-16-9-11(14)17(13)2/h9-10,12,15H,3-8H2,1-2H3. The minimum Gasteiger partial charge on any atom is -0.370 e. The van der Waals surface area contributed by atoms with Gasteiger partial charge < -0.3 is 14.6 Å². The molecular formula is C13H22ClN3O. The van der Waals surface area contributed by atoms with Crippen LogP contribution in [0.2, 0.25) is 5.15 Å². The first-order valence-corrected chi connectivity index (χ1v) is 7.11. The van der Waals surface area contributed by atoms with Crippen LogP contribution in [0.4, 0.5) is 0 Å². The third-order valence-corrected chi connectivity index (χ3v) is 3.85. The van der Waals surface area contributed by atoms with Gasteiger partial charge in [-0.3, -0.25) is 0 Å². The minimum absolute atomic E-state index is 0.0700. The highest BCUT2D eigenvalue weighted by Crippen LogP contribution is 2.33. The number of halogens is 1. The van der Waals surface area contributed by atoms with Gasteiger partial charge in [-0.2, -0.15) is 0 Å². The number of hydrogen-bond donors (Lipinski definition) is 1. The predicted octanol–water partition coefficient (Wildman–Crippen LogP) is 2.54. The lowest BCUT2D eigenvalue weighted by atomic mass is 9.93. The quantitative estimate of drug-likeness (QED) is 0.837. The van der Waals surface area contributed by atoms with Crippen LogP contribution in [0.1, 0.15) is 38.1 Å². The van der Waals surface area contributed by atoms with Gasteiger partial charge in [0, 0.05) is 26.1 Å². The molecule has 0 aromatic carbocycles. The number of rotatable bonds is 5. The highest BCUT2D eigenvalue weighted by Gasteiger charge is 2.30. The first-order chi connectivity index (χ1) is 8.74. The molecule has 0 spiro atoms. The molecule has 2 atom stereocenters. The molecule has 2 heterocycles.